The summed E-state index contributed by atoms with van der Waals surface area (Å²) in [5.41, 5.74) is 0.271. The van der Waals surface area contributed by atoms with E-state index in [9.17, 15) is 9.59 Å². The van der Waals surface area contributed by atoms with E-state index in [1.807, 2.05) is 11.5 Å². The molecule has 0 spiro atoms. The lowest BCUT2D eigenvalue weighted by atomic mass is 9.98. The molecule has 0 aromatic carbocycles. The highest BCUT2D eigenvalue weighted by Crippen LogP contribution is 2.20. The van der Waals surface area contributed by atoms with Gasteiger partial charge in [0.25, 0.3) is 0 Å². The standard InChI is InChI=1S/C17H27BrN4O2/c1-5-17(3,4)22-9-7-21(8-10-22)16(24)19-14-12-20(6-2)11-13(18)15(14)23/h11-12H,5-10H2,1-4H3,(H,19,24). The lowest BCUT2D eigenvalue weighted by molar-refractivity contribution is 0.0640. The molecule has 0 radical (unpaired) electrons. The van der Waals surface area contributed by atoms with Crippen LogP contribution in [0.3, 0.4) is 0 Å². The van der Waals surface area contributed by atoms with E-state index in [0.29, 0.717) is 23.2 Å². The highest BCUT2D eigenvalue weighted by atomic mass is 79.9. The van der Waals surface area contributed by atoms with Gasteiger partial charge in [0.2, 0.25) is 5.43 Å². The van der Waals surface area contributed by atoms with Crippen molar-refractivity contribution < 1.29 is 4.79 Å². The van der Waals surface area contributed by atoms with Gasteiger partial charge in [-0.05, 0) is 43.1 Å². The first kappa shape index (κ1) is 19.0. The molecular formula is C17H27BrN4O2. The third-order valence-electron chi connectivity index (χ3n) is 4.93. The van der Waals surface area contributed by atoms with Crippen LogP contribution in [0.15, 0.2) is 21.7 Å². The minimum atomic E-state index is -0.207. The van der Waals surface area contributed by atoms with Crippen LogP contribution in [0.4, 0.5) is 10.5 Å². The van der Waals surface area contributed by atoms with E-state index in [0.717, 1.165) is 26.1 Å². The average Bonchev–Trinajstić information content (AvgIpc) is 2.58. The van der Waals surface area contributed by atoms with Gasteiger partial charge in [-0.15, -0.1) is 0 Å². The molecule has 7 heteroatoms. The molecule has 1 saturated heterocycles. The number of hydrogen-bond donors (Lipinski definition) is 1. The van der Waals surface area contributed by atoms with Gasteiger partial charge in [-0.1, -0.05) is 6.92 Å². The number of aryl methyl sites for hydroxylation is 1. The Morgan fingerprint density at radius 3 is 2.38 bits per heavy atom. The summed E-state index contributed by atoms with van der Waals surface area (Å²) in [5, 5.41) is 2.77. The highest BCUT2D eigenvalue weighted by molar-refractivity contribution is 9.10. The van der Waals surface area contributed by atoms with Crippen LogP contribution in [0.5, 0.6) is 0 Å². The van der Waals surface area contributed by atoms with Crippen molar-refractivity contribution in [3.8, 4) is 0 Å². The van der Waals surface area contributed by atoms with Crippen molar-refractivity contribution in [3.05, 3.63) is 27.1 Å². The zero-order chi connectivity index (χ0) is 17.9. The number of nitrogens with zero attached hydrogens (tertiary/aromatic N) is 3. The Kier molecular flexibility index (Phi) is 6.09. The quantitative estimate of drug-likeness (QED) is 0.847. The second kappa shape index (κ2) is 7.70. The van der Waals surface area contributed by atoms with E-state index in [1.165, 1.54) is 0 Å². The number of hydrogen-bond acceptors (Lipinski definition) is 3. The number of pyridine rings is 1. The van der Waals surface area contributed by atoms with Crippen LogP contribution in [-0.4, -0.2) is 52.1 Å². The molecule has 2 rings (SSSR count). The minimum absolute atomic E-state index is 0.154. The fraction of sp³-hybridized carbons (Fsp3) is 0.647. The number of urea groups is 1. The number of halogens is 1. The molecule has 1 aliphatic heterocycles. The highest BCUT2D eigenvalue weighted by Gasteiger charge is 2.30. The van der Waals surface area contributed by atoms with Gasteiger partial charge in [0.05, 0.1) is 4.47 Å². The fourth-order valence-electron chi connectivity index (χ4n) is 2.80. The third-order valence-corrected chi connectivity index (χ3v) is 5.50. The van der Waals surface area contributed by atoms with E-state index >= 15 is 0 Å². The Morgan fingerprint density at radius 1 is 1.21 bits per heavy atom. The van der Waals surface area contributed by atoms with Gasteiger partial charge in [0.15, 0.2) is 0 Å². The molecule has 0 saturated carbocycles. The number of carbonyl (C=O) groups is 1. The SMILES string of the molecule is CCn1cc(Br)c(=O)c(NC(=O)N2CCN(C(C)(C)CC)CC2)c1. The average molecular weight is 399 g/mol. The minimum Gasteiger partial charge on any atom is -0.351 e. The maximum atomic E-state index is 12.5. The molecule has 0 unspecified atom stereocenters. The monoisotopic (exact) mass is 398 g/mol. The Hall–Kier alpha value is -1.34. The van der Waals surface area contributed by atoms with Crippen LogP contribution in [-0.2, 0) is 6.54 Å². The molecule has 1 aliphatic rings. The first-order valence-corrected chi connectivity index (χ1v) is 9.28. The van der Waals surface area contributed by atoms with Gasteiger partial charge in [0.1, 0.15) is 5.69 Å². The van der Waals surface area contributed by atoms with Gasteiger partial charge in [-0.3, -0.25) is 9.69 Å². The van der Waals surface area contributed by atoms with Crippen molar-refractivity contribution >= 4 is 27.6 Å². The van der Waals surface area contributed by atoms with E-state index in [2.05, 4.69) is 46.9 Å². The van der Waals surface area contributed by atoms with Gasteiger partial charge in [-0.2, -0.15) is 0 Å². The molecule has 2 amide bonds. The molecule has 1 aromatic rings. The van der Waals surface area contributed by atoms with Crippen molar-refractivity contribution in [2.45, 2.75) is 46.2 Å². The number of piperazine rings is 1. The van der Waals surface area contributed by atoms with Crippen LogP contribution in [0.1, 0.15) is 34.1 Å². The Labute approximate surface area is 151 Å². The van der Waals surface area contributed by atoms with Crippen LogP contribution in [0.2, 0.25) is 0 Å². The van der Waals surface area contributed by atoms with Crippen molar-refractivity contribution in [1.82, 2.24) is 14.4 Å². The van der Waals surface area contributed by atoms with E-state index < -0.39 is 0 Å². The number of nitrogens with one attached hydrogen (secondary N) is 1. The summed E-state index contributed by atoms with van der Waals surface area (Å²) in [4.78, 5) is 28.9. The molecule has 2 heterocycles. The first-order valence-electron chi connectivity index (χ1n) is 8.49. The summed E-state index contributed by atoms with van der Waals surface area (Å²) in [5.74, 6) is 0. The van der Waals surface area contributed by atoms with Gasteiger partial charge >= 0.3 is 6.03 Å². The van der Waals surface area contributed by atoms with Gasteiger partial charge in [-0.25, -0.2) is 4.79 Å². The zero-order valence-corrected chi connectivity index (χ0v) is 16.5. The van der Waals surface area contributed by atoms with Crippen molar-refractivity contribution in [2.75, 3.05) is 31.5 Å². The number of amides is 2. The molecule has 1 N–H and O–H groups in total. The first-order chi connectivity index (χ1) is 11.3. The van der Waals surface area contributed by atoms with Crippen LogP contribution in [0.25, 0.3) is 0 Å². The smallest absolute Gasteiger partial charge is 0.322 e. The van der Waals surface area contributed by atoms with Crippen molar-refractivity contribution in [2.24, 2.45) is 0 Å². The molecule has 0 atom stereocenters. The fourth-order valence-corrected chi connectivity index (χ4v) is 3.28. The second-order valence-corrected chi connectivity index (χ2v) is 7.60. The third kappa shape index (κ3) is 4.19. The zero-order valence-electron chi connectivity index (χ0n) is 14.9. The normalized spacial score (nSPS) is 16.3. The summed E-state index contributed by atoms with van der Waals surface area (Å²) in [6, 6.07) is -0.207. The lowest BCUT2D eigenvalue weighted by Gasteiger charge is -2.43. The summed E-state index contributed by atoms with van der Waals surface area (Å²) < 4.78 is 2.32. The second-order valence-electron chi connectivity index (χ2n) is 6.75. The Bertz CT molecular complexity index is 648. The topological polar surface area (TPSA) is 57.6 Å². The molecule has 0 aliphatic carbocycles. The number of rotatable bonds is 4. The molecule has 6 nitrogen and oxygen atoms in total. The molecular weight excluding hydrogens is 372 g/mol. The Balaban J connectivity index is 2.02. The largest absolute Gasteiger partial charge is 0.351 e. The van der Waals surface area contributed by atoms with E-state index in [1.54, 1.807) is 17.3 Å². The summed E-state index contributed by atoms with van der Waals surface area (Å²) in [6.45, 7) is 12.4. The summed E-state index contributed by atoms with van der Waals surface area (Å²) in [7, 11) is 0. The predicted molar refractivity (Wildman–Crippen MR) is 101 cm³/mol. The maximum absolute atomic E-state index is 12.5. The van der Waals surface area contributed by atoms with Crippen LogP contribution < -0.4 is 10.7 Å². The van der Waals surface area contributed by atoms with E-state index in [4.69, 9.17) is 0 Å². The van der Waals surface area contributed by atoms with E-state index in [-0.39, 0.29) is 17.0 Å². The van der Waals surface area contributed by atoms with Crippen LogP contribution in [0, 0.1) is 0 Å². The van der Waals surface area contributed by atoms with Crippen molar-refractivity contribution in [1.29, 1.82) is 0 Å². The summed E-state index contributed by atoms with van der Waals surface area (Å²) in [6.07, 6.45) is 4.48. The number of carbonyl (C=O) groups excluding carboxylic acids is 1. The molecule has 1 fully saturated rings. The van der Waals surface area contributed by atoms with Gasteiger partial charge < -0.3 is 14.8 Å². The summed E-state index contributed by atoms with van der Waals surface area (Å²) >= 11 is 3.26. The molecule has 0 bridgehead atoms. The van der Waals surface area contributed by atoms with Gasteiger partial charge in [0, 0.05) is 50.7 Å². The lowest BCUT2D eigenvalue weighted by Crippen LogP contribution is -2.56. The number of anilines is 1. The maximum Gasteiger partial charge on any atom is 0.322 e. The molecule has 1 aromatic heterocycles. The van der Waals surface area contributed by atoms with Crippen LogP contribution >= 0.6 is 15.9 Å². The Morgan fingerprint density at radius 2 is 1.83 bits per heavy atom. The molecule has 24 heavy (non-hydrogen) atoms. The predicted octanol–water partition coefficient (Wildman–Crippen LogP) is 2.97. The molecule has 134 valence electrons. The number of aromatic nitrogens is 1. The van der Waals surface area contributed by atoms with Crippen molar-refractivity contribution in [3.63, 3.8) is 0 Å².